The van der Waals surface area contributed by atoms with Crippen LogP contribution in [0.15, 0.2) is 24.3 Å². The van der Waals surface area contributed by atoms with Crippen molar-refractivity contribution in [3.8, 4) is 0 Å². The Hall–Kier alpha value is 0.330. The molecule has 0 saturated carbocycles. The molecule has 1 aliphatic heterocycles. The van der Waals surface area contributed by atoms with Crippen molar-refractivity contribution in [2.24, 2.45) is 0 Å². The minimum absolute atomic E-state index is 0. The summed E-state index contributed by atoms with van der Waals surface area (Å²) in [7, 11) is 0. The molecule has 0 atom stereocenters. The number of fused-ring (bicyclic) bond motifs is 1. The van der Waals surface area contributed by atoms with Gasteiger partial charge in [-0.05, 0) is 24.5 Å². The van der Waals surface area contributed by atoms with Crippen molar-refractivity contribution < 1.29 is 29.6 Å². The number of aryl methyl sites for hydroxylation is 1. The van der Waals surface area contributed by atoms with E-state index in [-0.39, 0.29) is 29.6 Å². The van der Waals surface area contributed by atoms with Crippen molar-refractivity contribution in [2.45, 2.75) is 12.8 Å². The molecule has 0 N–H and O–H groups in total. The Labute approximate surface area is 118 Å². The Bertz CT molecular complexity index is 341. The van der Waals surface area contributed by atoms with E-state index in [0.29, 0.717) is 4.32 Å². The molecule has 0 unspecified atom stereocenters. The van der Waals surface area contributed by atoms with E-state index in [1.165, 1.54) is 11.3 Å². The Morgan fingerprint density at radius 1 is 1.36 bits per heavy atom. The van der Waals surface area contributed by atoms with E-state index < -0.39 is 0 Å². The minimum Gasteiger partial charge on any atom is -0.411 e. The van der Waals surface area contributed by atoms with Gasteiger partial charge in [0.05, 0.1) is 0 Å². The molecule has 1 heterocycles. The number of thiocarbonyl (C=S) groups is 1. The van der Waals surface area contributed by atoms with Crippen LogP contribution < -0.4 is 34.5 Å². The zero-order valence-corrected chi connectivity index (χ0v) is 11.8. The fourth-order valence-electron chi connectivity index (χ4n) is 1.72. The summed E-state index contributed by atoms with van der Waals surface area (Å²) < 4.78 is 0.562. The first kappa shape index (κ1) is 12.4. The molecule has 14 heavy (non-hydrogen) atoms. The molecule has 68 valence electrons. The predicted octanol–water partition coefficient (Wildman–Crippen LogP) is -0.725. The summed E-state index contributed by atoms with van der Waals surface area (Å²) in [5, 5.41) is 0. The van der Waals surface area contributed by atoms with Gasteiger partial charge in [-0.1, -0.05) is 22.5 Å². The van der Waals surface area contributed by atoms with Crippen molar-refractivity contribution in [3.63, 3.8) is 0 Å². The summed E-state index contributed by atoms with van der Waals surface area (Å²) in [6.07, 6.45) is 2.29. The van der Waals surface area contributed by atoms with E-state index in [4.69, 9.17) is 24.8 Å². The van der Waals surface area contributed by atoms with E-state index in [0.717, 1.165) is 19.4 Å². The van der Waals surface area contributed by atoms with Crippen LogP contribution in [0.25, 0.3) is 0 Å². The molecule has 0 saturated heterocycles. The van der Waals surface area contributed by atoms with Crippen LogP contribution >= 0.6 is 12.2 Å². The van der Waals surface area contributed by atoms with Gasteiger partial charge in [0, 0.05) is 12.2 Å². The molecule has 0 radical (unpaired) electrons. The third-order valence-electron chi connectivity index (χ3n) is 2.33. The van der Waals surface area contributed by atoms with E-state index in [1.807, 2.05) is 11.0 Å². The molecule has 1 aromatic rings. The maximum absolute atomic E-state index is 5.03. The van der Waals surface area contributed by atoms with Crippen LogP contribution in [0, 0.1) is 0 Å². The molecule has 0 bridgehead atoms. The van der Waals surface area contributed by atoms with Crippen LogP contribution in [0.3, 0.4) is 0 Å². The number of hydrogen-bond acceptors (Lipinski definition) is 2. The fraction of sp³-hybridized carbons (Fsp3) is 0.300. The molecular formula is C10H10NNaS2. The SMILES string of the molecule is S=C([S-])N1CCCc2ccccc21.[Na+]. The van der Waals surface area contributed by atoms with Gasteiger partial charge in [-0.15, -0.1) is 0 Å². The van der Waals surface area contributed by atoms with Gasteiger partial charge in [0.25, 0.3) is 0 Å². The number of anilines is 1. The topological polar surface area (TPSA) is 3.24 Å². The number of para-hydroxylation sites is 1. The van der Waals surface area contributed by atoms with Crippen molar-refractivity contribution in [3.05, 3.63) is 29.8 Å². The molecule has 0 spiro atoms. The number of hydrogen-bond donors (Lipinski definition) is 0. The molecular weight excluding hydrogens is 221 g/mol. The normalized spacial score (nSPS) is 14.1. The second-order valence-electron chi connectivity index (χ2n) is 3.15. The maximum atomic E-state index is 5.03. The van der Waals surface area contributed by atoms with Crippen molar-refractivity contribution in [2.75, 3.05) is 11.4 Å². The van der Waals surface area contributed by atoms with Gasteiger partial charge in [-0.3, -0.25) is 0 Å². The smallest absolute Gasteiger partial charge is 0.411 e. The fourth-order valence-corrected chi connectivity index (χ4v) is 2.10. The summed E-state index contributed by atoms with van der Waals surface area (Å²) in [6, 6.07) is 8.34. The quantitative estimate of drug-likeness (QED) is 0.329. The van der Waals surface area contributed by atoms with Crippen LogP contribution in [-0.4, -0.2) is 10.9 Å². The monoisotopic (exact) mass is 231 g/mol. The van der Waals surface area contributed by atoms with E-state index in [2.05, 4.69) is 18.2 Å². The van der Waals surface area contributed by atoms with Crippen LogP contribution in [0.5, 0.6) is 0 Å². The Kier molecular flexibility index (Phi) is 4.80. The standard InChI is InChI=1S/C10H11NS2.Na/c12-10(13)11-7-3-5-8-4-1-2-6-9(8)11;/h1-2,4,6H,3,5,7H2,(H,12,13);/q;+1/p-1. The van der Waals surface area contributed by atoms with E-state index in [9.17, 15) is 0 Å². The summed E-state index contributed by atoms with van der Waals surface area (Å²) in [5.74, 6) is 0. The minimum atomic E-state index is 0. The first-order valence-corrected chi connectivity index (χ1v) is 5.17. The second-order valence-corrected chi connectivity index (χ2v) is 4.18. The summed E-state index contributed by atoms with van der Waals surface area (Å²) in [5.41, 5.74) is 2.56. The molecule has 0 aliphatic carbocycles. The Morgan fingerprint density at radius 2 is 2.07 bits per heavy atom. The Balaban J connectivity index is 0.000000980. The largest absolute Gasteiger partial charge is 1.00 e. The van der Waals surface area contributed by atoms with Gasteiger partial charge in [0.2, 0.25) is 0 Å². The first-order valence-electron chi connectivity index (χ1n) is 4.35. The molecule has 0 aromatic heterocycles. The maximum Gasteiger partial charge on any atom is 1.00 e. The van der Waals surface area contributed by atoms with Crippen molar-refractivity contribution in [1.82, 2.24) is 0 Å². The Morgan fingerprint density at radius 3 is 2.79 bits per heavy atom. The van der Waals surface area contributed by atoms with Gasteiger partial charge in [0.1, 0.15) is 0 Å². The molecule has 1 nitrogen and oxygen atoms in total. The first-order chi connectivity index (χ1) is 6.29. The summed E-state index contributed by atoms with van der Waals surface area (Å²) >= 11 is 10.1. The second kappa shape index (κ2) is 5.42. The van der Waals surface area contributed by atoms with E-state index >= 15 is 0 Å². The third kappa shape index (κ3) is 2.47. The average molecular weight is 231 g/mol. The molecule has 0 amide bonds. The number of rotatable bonds is 0. The molecule has 1 aliphatic rings. The van der Waals surface area contributed by atoms with Gasteiger partial charge in [-0.25, -0.2) is 0 Å². The molecule has 4 heteroatoms. The van der Waals surface area contributed by atoms with Crippen LogP contribution in [0.1, 0.15) is 12.0 Å². The number of benzene rings is 1. The summed E-state index contributed by atoms with van der Waals surface area (Å²) in [4.78, 5) is 2.05. The zero-order chi connectivity index (χ0) is 9.26. The van der Waals surface area contributed by atoms with Gasteiger partial charge >= 0.3 is 29.6 Å². The summed E-state index contributed by atoms with van der Waals surface area (Å²) in [6.45, 7) is 0.972. The molecule has 1 aromatic carbocycles. The van der Waals surface area contributed by atoms with Crippen LogP contribution in [-0.2, 0) is 19.0 Å². The van der Waals surface area contributed by atoms with Crippen molar-refractivity contribution in [1.29, 1.82) is 0 Å². The number of nitrogens with zero attached hydrogens (tertiary/aromatic N) is 1. The van der Waals surface area contributed by atoms with Crippen molar-refractivity contribution >= 4 is 34.9 Å². The van der Waals surface area contributed by atoms with Gasteiger partial charge < -0.3 is 29.7 Å². The van der Waals surface area contributed by atoms with E-state index in [1.54, 1.807) is 0 Å². The molecule has 2 rings (SSSR count). The van der Waals surface area contributed by atoms with Gasteiger partial charge in [-0.2, -0.15) is 0 Å². The van der Waals surface area contributed by atoms with Crippen LogP contribution in [0.4, 0.5) is 5.69 Å². The zero-order valence-electron chi connectivity index (χ0n) is 8.19. The van der Waals surface area contributed by atoms with Crippen LogP contribution in [0.2, 0.25) is 0 Å². The predicted molar refractivity (Wildman–Crippen MR) is 62.1 cm³/mol. The third-order valence-corrected chi connectivity index (χ3v) is 2.77. The van der Waals surface area contributed by atoms with Gasteiger partial charge in [0.15, 0.2) is 0 Å². The average Bonchev–Trinajstić information content (AvgIpc) is 2.17. The molecule has 0 fully saturated rings.